The van der Waals surface area contributed by atoms with Crippen LogP contribution < -0.4 is 5.32 Å². The molecule has 3 fully saturated rings. The molecule has 3 heterocycles. The van der Waals surface area contributed by atoms with E-state index >= 15 is 0 Å². The Balaban J connectivity index is 0.00000169. The lowest BCUT2D eigenvalue weighted by molar-refractivity contribution is 0.106. The predicted molar refractivity (Wildman–Crippen MR) is 103 cm³/mol. The number of halogens is 1. The van der Waals surface area contributed by atoms with E-state index in [4.69, 9.17) is 0 Å². The molecule has 0 amide bonds. The average molecular weight is 371 g/mol. The number of nitrogens with zero attached hydrogens (tertiary/aromatic N) is 3. The number of likely N-dealkylation sites (tertiary alicyclic amines) is 1. The summed E-state index contributed by atoms with van der Waals surface area (Å²) < 4.78 is 0. The molecule has 1 aromatic heterocycles. The van der Waals surface area contributed by atoms with Gasteiger partial charge in [0.25, 0.3) is 0 Å². The Labute approximate surface area is 156 Å². The maximum atomic E-state index is 4.44. The maximum absolute atomic E-state index is 4.44. The van der Waals surface area contributed by atoms with Crippen molar-refractivity contribution < 1.29 is 0 Å². The number of piperidine rings is 1. The van der Waals surface area contributed by atoms with E-state index in [1.807, 2.05) is 6.20 Å². The average Bonchev–Trinajstić information content (AvgIpc) is 2.89. The van der Waals surface area contributed by atoms with Crippen molar-refractivity contribution in [3.8, 4) is 0 Å². The Bertz CT molecular complexity index is 521. The number of aromatic nitrogens is 1. The molecular formula is C18H31ClN4S. The first-order valence-corrected chi connectivity index (χ1v) is 9.98. The van der Waals surface area contributed by atoms with Gasteiger partial charge in [-0.05, 0) is 63.2 Å². The number of hydrogen-bond donors (Lipinski definition) is 1. The van der Waals surface area contributed by atoms with Gasteiger partial charge in [0.2, 0.25) is 0 Å². The number of rotatable bonds is 5. The van der Waals surface area contributed by atoms with E-state index in [2.05, 4.69) is 39.5 Å². The summed E-state index contributed by atoms with van der Waals surface area (Å²) >= 11 is 1.78. The maximum Gasteiger partial charge on any atom is 0.107 e. The SMILES string of the molecule is CN(Cc1nccs1)C1CC12CCN(CC1(C)CCNC1)CC2.Cl. The molecule has 2 unspecified atom stereocenters. The molecule has 4 rings (SSSR count). The van der Waals surface area contributed by atoms with Crippen LogP contribution in [-0.2, 0) is 6.54 Å². The van der Waals surface area contributed by atoms with E-state index in [1.165, 1.54) is 63.4 Å². The fraction of sp³-hybridized carbons (Fsp3) is 0.833. The third-order valence-corrected chi connectivity index (χ3v) is 7.23. The van der Waals surface area contributed by atoms with E-state index in [1.54, 1.807) is 11.3 Å². The molecule has 24 heavy (non-hydrogen) atoms. The second-order valence-electron chi connectivity index (χ2n) is 8.44. The molecule has 4 nitrogen and oxygen atoms in total. The summed E-state index contributed by atoms with van der Waals surface area (Å²) in [7, 11) is 2.29. The third-order valence-electron chi connectivity index (χ3n) is 6.46. The summed E-state index contributed by atoms with van der Waals surface area (Å²) in [6, 6.07) is 0.789. The van der Waals surface area contributed by atoms with Gasteiger partial charge in [-0.15, -0.1) is 23.7 Å². The Hall–Kier alpha value is -0.200. The topological polar surface area (TPSA) is 31.4 Å². The van der Waals surface area contributed by atoms with Crippen LogP contribution >= 0.6 is 23.7 Å². The number of hydrogen-bond acceptors (Lipinski definition) is 5. The molecule has 2 saturated heterocycles. The quantitative estimate of drug-likeness (QED) is 0.863. The molecule has 0 aromatic carbocycles. The van der Waals surface area contributed by atoms with E-state index in [0.29, 0.717) is 10.8 Å². The van der Waals surface area contributed by atoms with Crippen LogP contribution in [0.25, 0.3) is 0 Å². The molecular weight excluding hydrogens is 340 g/mol. The van der Waals surface area contributed by atoms with Gasteiger partial charge in [0.1, 0.15) is 5.01 Å². The largest absolute Gasteiger partial charge is 0.316 e. The van der Waals surface area contributed by atoms with Crippen molar-refractivity contribution in [1.82, 2.24) is 20.1 Å². The smallest absolute Gasteiger partial charge is 0.107 e. The van der Waals surface area contributed by atoms with E-state index in [9.17, 15) is 0 Å². The molecule has 0 radical (unpaired) electrons. The minimum atomic E-state index is 0. The van der Waals surface area contributed by atoms with Crippen molar-refractivity contribution in [2.24, 2.45) is 10.8 Å². The van der Waals surface area contributed by atoms with Crippen LogP contribution in [0.1, 0.15) is 37.6 Å². The van der Waals surface area contributed by atoms with Crippen molar-refractivity contribution in [1.29, 1.82) is 0 Å². The van der Waals surface area contributed by atoms with Crippen molar-refractivity contribution in [2.75, 3.05) is 39.8 Å². The Morgan fingerprint density at radius 2 is 2.17 bits per heavy atom. The van der Waals surface area contributed by atoms with E-state index < -0.39 is 0 Å². The first-order chi connectivity index (χ1) is 11.1. The van der Waals surface area contributed by atoms with Crippen molar-refractivity contribution in [2.45, 2.75) is 45.2 Å². The molecule has 2 aliphatic heterocycles. The first-order valence-electron chi connectivity index (χ1n) is 9.10. The lowest BCUT2D eigenvalue weighted by atomic mass is 9.86. The highest BCUT2D eigenvalue weighted by molar-refractivity contribution is 7.09. The van der Waals surface area contributed by atoms with Gasteiger partial charge in [0.05, 0.1) is 6.54 Å². The summed E-state index contributed by atoms with van der Waals surface area (Å²) in [5, 5.41) is 6.88. The van der Waals surface area contributed by atoms with Gasteiger partial charge in [-0.3, -0.25) is 4.90 Å². The second-order valence-corrected chi connectivity index (χ2v) is 9.42. The van der Waals surface area contributed by atoms with Gasteiger partial charge < -0.3 is 10.2 Å². The zero-order chi connectivity index (χ0) is 15.9. The summed E-state index contributed by atoms with van der Waals surface area (Å²) in [6.45, 7) is 9.78. The van der Waals surface area contributed by atoms with Gasteiger partial charge in [0, 0.05) is 30.7 Å². The zero-order valence-electron chi connectivity index (χ0n) is 15.0. The van der Waals surface area contributed by atoms with Gasteiger partial charge in [0.15, 0.2) is 0 Å². The fourth-order valence-electron chi connectivity index (χ4n) is 4.84. The van der Waals surface area contributed by atoms with Crippen LogP contribution in [0.2, 0.25) is 0 Å². The summed E-state index contributed by atoms with van der Waals surface area (Å²) in [4.78, 5) is 9.72. The standard InChI is InChI=1S/C18H30N4S.ClH/c1-17(3-6-19-13-17)14-22-8-4-18(5-9-22)11-15(18)21(2)12-16-20-7-10-23-16;/h7,10,15,19H,3-6,8-9,11-14H2,1-2H3;1H. The molecule has 1 aromatic rings. The van der Waals surface area contributed by atoms with Crippen LogP contribution in [0.3, 0.4) is 0 Å². The minimum absolute atomic E-state index is 0. The van der Waals surface area contributed by atoms with Crippen molar-refractivity contribution in [3.63, 3.8) is 0 Å². The Kier molecular flexibility index (Phi) is 5.57. The van der Waals surface area contributed by atoms with Crippen LogP contribution in [0.5, 0.6) is 0 Å². The Morgan fingerprint density at radius 1 is 1.38 bits per heavy atom. The van der Waals surface area contributed by atoms with Gasteiger partial charge in [-0.1, -0.05) is 6.92 Å². The second kappa shape index (κ2) is 7.20. The van der Waals surface area contributed by atoms with Gasteiger partial charge >= 0.3 is 0 Å². The van der Waals surface area contributed by atoms with Crippen LogP contribution in [0.15, 0.2) is 11.6 Å². The first kappa shape index (κ1) is 18.6. The Morgan fingerprint density at radius 3 is 2.79 bits per heavy atom. The molecule has 3 aliphatic rings. The third kappa shape index (κ3) is 3.80. The molecule has 1 aliphatic carbocycles. The fourth-order valence-corrected chi connectivity index (χ4v) is 5.52. The van der Waals surface area contributed by atoms with Gasteiger partial charge in [-0.2, -0.15) is 0 Å². The van der Waals surface area contributed by atoms with Gasteiger partial charge in [-0.25, -0.2) is 4.98 Å². The monoisotopic (exact) mass is 370 g/mol. The molecule has 6 heteroatoms. The minimum Gasteiger partial charge on any atom is -0.316 e. The normalized spacial score (nSPS) is 32.2. The zero-order valence-corrected chi connectivity index (χ0v) is 16.6. The van der Waals surface area contributed by atoms with E-state index in [0.717, 1.165) is 12.6 Å². The number of nitrogens with one attached hydrogen (secondary N) is 1. The van der Waals surface area contributed by atoms with Crippen molar-refractivity contribution in [3.05, 3.63) is 16.6 Å². The summed E-state index contributed by atoms with van der Waals surface area (Å²) in [5.41, 5.74) is 1.13. The molecule has 136 valence electrons. The highest BCUT2D eigenvalue weighted by atomic mass is 35.5. The van der Waals surface area contributed by atoms with Crippen LogP contribution in [-0.4, -0.2) is 60.6 Å². The predicted octanol–water partition coefficient (Wildman–Crippen LogP) is 2.85. The summed E-state index contributed by atoms with van der Waals surface area (Å²) in [5.74, 6) is 0. The molecule has 1 N–H and O–H groups in total. The van der Waals surface area contributed by atoms with Crippen LogP contribution in [0, 0.1) is 10.8 Å². The summed E-state index contributed by atoms with van der Waals surface area (Å²) in [6.07, 6.45) is 7.45. The van der Waals surface area contributed by atoms with E-state index in [-0.39, 0.29) is 12.4 Å². The van der Waals surface area contributed by atoms with Crippen LogP contribution in [0.4, 0.5) is 0 Å². The molecule has 2 atom stereocenters. The van der Waals surface area contributed by atoms with Crippen molar-refractivity contribution >= 4 is 23.7 Å². The molecule has 1 spiro atoms. The highest BCUT2D eigenvalue weighted by Crippen LogP contribution is 2.56. The molecule has 0 bridgehead atoms. The number of thiazole rings is 1. The molecule has 1 saturated carbocycles. The highest BCUT2D eigenvalue weighted by Gasteiger charge is 2.56. The lowest BCUT2D eigenvalue weighted by Gasteiger charge is -2.38. The lowest BCUT2D eigenvalue weighted by Crippen LogP contribution is -2.43.